The van der Waals surface area contributed by atoms with Crippen molar-refractivity contribution in [3.8, 4) is 0 Å². The van der Waals surface area contributed by atoms with Gasteiger partial charge >= 0.3 is 11.9 Å². The van der Waals surface area contributed by atoms with Crippen LogP contribution < -0.4 is 5.32 Å². The summed E-state index contributed by atoms with van der Waals surface area (Å²) < 4.78 is 6.08. The number of carboxylic acids is 1. The molecule has 0 radical (unpaired) electrons. The fourth-order valence-electron chi connectivity index (χ4n) is 8.23. The van der Waals surface area contributed by atoms with Crippen molar-refractivity contribution in [2.45, 2.75) is 302 Å². The molecule has 6 nitrogen and oxygen atoms in total. The summed E-state index contributed by atoms with van der Waals surface area (Å²) in [7, 11) is 0. The first-order chi connectivity index (χ1) is 28.0. The molecular formula is C51H99NO5. The van der Waals surface area contributed by atoms with Crippen LogP contribution in [0.15, 0.2) is 0 Å². The molecule has 338 valence electrons. The molecule has 0 aliphatic heterocycles. The third-order valence-corrected chi connectivity index (χ3v) is 12.0. The highest BCUT2D eigenvalue weighted by molar-refractivity contribution is 5.80. The van der Waals surface area contributed by atoms with Crippen molar-refractivity contribution in [2.75, 3.05) is 6.54 Å². The van der Waals surface area contributed by atoms with E-state index in [0.717, 1.165) is 64.2 Å². The first-order valence-electron chi connectivity index (χ1n) is 25.7. The molecule has 0 aromatic carbocycles. The number of carbonyl (C=O) groups is 3. The molecule has 0 saturated carbocycles. The van der Waals surface area contributed by atoms with Gasteiger partial charge in [0.15, 0.2) is 0 Å². The van der Waals surface area contributed by atoms with Crippen LogP contribution in [0.5, 0.6) is 0 Å². The van der Waals surface area contributed by atoms with Crippen molar-refractivity contribution in [1.29, 1.82) is 0 Å². The topological polar surface area (TPSA) is 92.7 Å². The van der Waals surface area contributed by atoms with Gasteiger partial charge in [-0.2, -0.15) is 0 Å². The normalized spacial score (nSPS) is 11.9. The number of amides is 1. The zero-order chi connectivity index (χ0) is 41.5. The van der Waals surface area contributed by atoms with E-state index in [9.17, 15) is 14.4 Å². The lowest BCUT2D eigenvalue weighted by Gasteiger charge is -2.18. The van der Waals surface area contributed by atoms with E-state index < -0.39 is 5.97 Å². The fourth-order valence-corrected chi connectivity index (χ4v) is 8.23. The molecule has 1 unspecified atom stereocenters. The fraction of sp³-hybridized carbons (Fsp3) is 0.941. The Morgan fingerprint density at radius 1 is 0.386 bits per heavy atom. The van der Waals surface area contributed by atoms with Gasteiger partial charge < -0.3 is 15.2 Å². The van der Waals surface area contributed by atoms with E-state index >= 15 is 0 Å². The minimum atomic E-state index is -1.01. The van der Waals surface area contributed by atoms with E-state index in [1.807, 2.05) is 0 Å². The van der Waals surface area contributed by atoms with Gasteiger partial charge in [-0.1, -0.05) is 245 Å². The standard InChI is InChI=1S/C51H99NO5/c1-3-5-7-9-11-13-15-17-19-20-21-22-23-25-27-29-31-33-38-42-46-51(56)57-48(44-40-36-34-37-41-45-49(53)52-47-50(54)55)43-39-35-32-30-28-26-24-18-16-14-12-10-8-6-4-2/h48H,3-47H2,1-2H3,(H,52,53)(H,54,55). The van der Waals surface area contributed by atoms with Crippen LogP contribution in [0, 0.1) is 0 Å². The molecule has 0 saturated heterocycles. The van der Waals surface area contributed by atoms with E-state index in [-0.39, 0.29) is 24.5 Å². The average molecular weight is 806 g/mol. The first-order valence-corrected chi connectivity index (χ1v) is 25.7. The predicted octanol–water partition coefficient (Wildman–Crippen LogP) is 16.3. The molecule has 2 N–H and O–H groups in total. The smallest absolute Gasteiger partial charge is 0.322 e. The summed E-state index contributed by atoms with van der Waals surface area (Å²) in [6.07, 6.45) is 55.4. The number of unbranched alkanes of at least 4 members (excludes halogenated alkanes) is 37. The monoisotopic (exact) mass is 806 g/mol. The number of nitrogens with one attached hydrogen (secondary N) is 1. The number of carbonyl (C=O) groups excluding carboxylic acids is 2. The van der Waals surface area contributed by atoms with E-state index in [2.05, 4.69) is 19.2 Å². The van der Waals surface area contributed by atoms with Crippen molar-refractivity contribution in [3.05, 3.63) is 0 Å². The Kier molecular flexibility index (Phi) is 45.8. The van der Waals surface area contributed by atoms with Crippen LogP contribution in [0.2, 0.25) is 0 Å². The quantitative estimate of drug-likeness (QED) is 0.0472. The molecule has 0 fully saturated rings. The predicted molar refractivity (Wildman–Crippen MR) is 245 cm³/mol. The Labute approximate surface area is 355 Å². The number of hydrogen-bond acceptors (Lipinski definition) is 4. The van der Waals surface area contributed by atoms with Crippen LogP contribution in [0.25, 0.3) is 0 Å². The maximum absolute atomic E-state index is 12.8. The minimum absolute atomic E-state index is 0.00394. The second-order valence-corrected chi connectivity index (χ2v) is 17.8. The zero-order valence-electron chi connectivity index (χ0n) is 38.5. The van der Waals surface area contributed by atoms with Gasteiger partial charge in [-0.3, -0.25) is 14.4 Å². The van der Waals surface area contributed by atoms with E-state index in [1.54, 1.807) is 0 Å². The molecule has 0 bridgehead atoms. The van der Waals surface area contributed by atoms with E-state index in [0.29, 0.717) is 12.8 Å². The molecular weight excluding hydrogens is 707 g/mol. The van der Waals surface area contributed by atoms with Crippen LogP contribution in [-0.2, 0) is 19.1 Å². The molecule has 0 aliphatic rings. The Morgan fingerprint density at radius 2 is 0.649 bits per heavy atom. The summed E-state index contributed by atoms with van der Waals surface area (Å²) in [6.45, 7) is 4.27. The van der Waals surface area contributed by atoms with Gasteiger partial charge in [-0.15, -0.1) is 0 Å². The first kappa shape index (κ1) is 55.4. The Bertz CT molecular complexity index is 847. The molecule has 1 atom stereocenters. The largest absolute Gasteiger partial charge is 0.480 e. The number of aliphatic carboxylic acids is 1. The van der Waals surface area contributed by atoms with Crippen LogP contribution >= 0.6 is 0 Å². The van der Waals surface area contributed by atoms with Crippen LogP contribution in [0.4, 0.5) is 0 Å². The van der Waals surface area contributed by atoms with Crippen molar-refractivity contribution >= 4 is 17.8 Å². The SMILES string of the molecule is CCCCCCCCCCCCCCCCCCCCCCC(=O)OC(CCCCCCCCCCCCCCCCC)CCCCCCCC(=O)NCC(=O)O. The second kappa shape index (κ2) is 47.1. The van der Waals surface area contributed by atoms with E-state index in [4.69, 9.17) is 9.84 Å². The van der Waals surface area contributed by atoms with Crippen molar-refractivity contribution in [1.82, 2.24) is 5.32 Å². The van der Waals surface area contributed by atoms with Crippen molar-refractivity contribution < 1.29 is 24.2 Å². The number of hydrogen-bond donors (Lipinski definition) is 2. The van der Waals surface area contributed by atoms with Gasteiger partial charge in [0.25, 0.3) is 0 Å². The third kappa shape index (κ3) is 47.0. The number of esters is 1. The van der Waals surface area contributed by atoms with Gasteiger partial charge in [0.05, 0.1) is 0 Å². The highest BCUT2D eigenvalue weighted by Crippen LogP contribution is 2.20. The molecule has 0 heterocycles. The van der Waals surface area contributed by atoms with Crippen LogP contribution in [-0.4, -0.2) is 35.6 Å². The molecule has 0 aromatic rings. The Morgan fingerprint density at radius 3 is 0.947 bits per heavy atom. The second-order valence-electron chi connectivity index (χ2n) is 17.8. The highest BCUT2D eigenvalue weighted by atomic mass is 16.5. The van der Waals surface area contributed by atoms with Gasteiger partial charge in [0.1, 0.15) is 12.6 Å². The summed E-state index contributed by atoms with van der Waals surface area (Å²) >= 11 is 0. The molecule has 0 spiro atoms. The summed E-state index contributed by atoms with van der Waals surface area (Å²) in [5.41, 5.74) is 0. The molecule has 1 amide bonds. The molecule has 0 aromatic heterocycles. The maximum Gasteiger partial charge on any atom is 0.322 e. The highest BCUT2D eigenvalue weighted by Gasteiger charge is 2.14. The zero-order valence-corrected chi connectivity index (χ0v) is 38.5. The Hall–Kier alpha value is -1.59. The number of rotatable bonds is 48. The molecule has 6 heteroatoms. The summed E-state index contributed by atoms with van der Waals surface area (Å²) in [6, 6.07) is 0. The van der Waals surface area contributed by atoms with Crippen molar-refractivity contribution in [3.63, 3.8) is 0 Å². The summed E-state index contributed by atoms with van der Waals surface area (Å²) in [5, 5.41) is 11.1. The van der Waals surface area contributed by atoms with E-state index in [1.165, 1.54) is 205 Å². The van der Waals surface area contributed by atoms with Crippen molar-refractivity contribution in [2.24, 2.45) is 0 Å². The van der Waals surface area contributed by atoms with Gasteiger partial charge in [0.2, 0.25) is 5.91 Å². The number of carboxylic acid groups (broad SMARTS) is 1. The van der Waals surface area contributed by atoms with Gasteiger partial charge in [0, 0.05) is 12.8 Å². The number of ether oxygens (including phenoxy) is 1. The van der Waals surface area contributed by atoms with Gasteiger partial charge in [-0.25, -0.2) is 0 Å². The summed E-state index contributed by atoms with van der Waals surface area (Å²) in [4.78, 5) is 35.2. The lowest BCUT2D eigenvalue weighted by atomic mass is 10.0. The third-order valence-electron chi connectivity index (χ3n) is 12.0. The summed E-state index contributed by atoms with van der Waals surface area (Å²) in [5.74, 6) is -1.20. The Balaban J connectivity index is 4.04. The lowest BCUT2D eigenvalue weighted by molar-refractivity contribution is -0.150. The van der Waals surface area contributed by atoms with Crippen LogP contribution in [0.1, 0.15) is 296 Å². The average Bonchev–Trinajstić information content (AvgIpc) is 3.20. The minimum Gasteiger partial charge on any atom is -0.480 e. The molecule has 0 rings (SSSR count). The lowest BCUT2D eigenvalue weighted by Crippen LogP contribution is -2.28. The van der Waals surface area contributed by atoms with Gasteiger partial charge in [-0.05, 0) is 38.5 Å². The maximum atomic E-state index is 12.8. The molecule has 57 heavy (non-hydrogen) atoms. The van der Waals surface area contributed by atoms with Crippen LogP contribution in [0.3, 0.4) is 0 Å². The molecule has 0 aliphatic carbocycles.